The first-order valence-corrected chi connectivity index (χ1v) is 6.19. The Morgan fingerprint density at radius 2 is 2.25 bits per heavy atom. The molecule has 3 N–H and O–H groups in total. The molecule has 1 aromatic carbocycles. The van der Waals surface area contributed by atoms with Crippen LogP contribution in [0.4, 0.5) is 0 Å². The predicted octanol–water partition coefficient (Wildman–Crippen LogP) is 2.19. The molecule has 0 fully saturated rings. The lowest BCUT2D eigenvalue weighted by molar-refractivity contribution is 0.0957. The van der Waals surface area contributed by atoms with E-state index < -0.39 is 0 Å². The van der Waals surface area contributed by atoms with Crippen LogP contribution in [0.5, 0.6) is 0 Å². The largest absolute Gasteiger partial charge is 0.349 e. The SMILES string of the molecule is NC/C=C/CNC(=O)c1cc(Cl)ccc1I. The molecule has 1 rings (SSSR count). The van der Waals surface area contributed by atoms with Gasteiger partial charge in [-0.25, -0.2) is 0 Å². The Morgan fingerprint density at radius 1 is 1.50 bits per heavy atom. The lowest BCUT2D eigenvalue weighted by Crippen LogP contribution is -2.24. The van der Waals surface area contributed by atoms with Crippen molar-refractivity contribution in [1.29, 1.82) is 0 Å². The summed E-state index contributed by atoms with van der Waals surface area (Å²) in [5.74, 6) is -0.131. The molecule has 0 saturated heterocycles. The summed E-state index contributed by atoms with van der Waals surface area (Å²) in [7, 11) is 0. The Labute approximate surface area is 113 Å². The van der Waals surface area contributed by atoms with E-state index >= 15 is 0 Å². The van der Waals surface area contributed by atoms with Crippen molar-refractivity contribution in [3.8, 4) is 0 Å². The van der Waals surface area contributed by atoms with Crippen molar-refractivity contribution in [3.63, 3.8) is 0 Å². The topological polar surface area (TPSA) is 55.1 Å². The number of nitrogens with one attached hydrogen (secondary N) is 1. The van der Waals surface area contributed by atoms with Crippen LogP contribution in [0.2, 0.25) is 5.02 Å². The quantitative estimate of drug-likeness (QED) is 0.646. The summed E-state index contributed by atoms with van der Waals surface area (Å²) >= 11 is 7.93. The van der Waals surface area contributed by atoms with Crippen LogP contribution in [0.3, 0.4) is 0 Å². The molecule has 0 aromatic heterocycles. The number of halogens is 2. The fraction of sp³-hybridized carbons (Fsp3) is 0.182. The number of rotatable bonds is 4. The minimum Gasteiger partial charge on any atom is -0.349 e. The second-order valence-corrected chi connectivity index (χ2v) is 4.64. The Morgan fingerprint density at radius 3 is 2.94 bits per heavy atom. The summed E-state index contributed by atoms with van der Waals surface area (Å²) in [5.41, 5.74) is 5.87. The molecule has 0 aliphatic heterocycles. The zero-order chi connectivity index (χ0) is 12.0. The third kappa shape index (κ3) is 4.11. The number of carbonyl (C=O) groups excluding carboxylic acids is 1. The predicted molar refractivity (Wildman–Crippen MR) is 74.7 cm³/mol. The fourth-order valence-corrected chi connectivity index (χ4v) is 1.85. The second kappa shape index (κ2) is 6.88. The maximum Gasteiger partial charge on any atom is 0.252 e. The van der Waals surface area contributed by atoms with Gasteiger partial charge in [0.05, 0.1) is 5.56 Å². The Bertz CT molecular complexity index is 407. The second-order valence-electron chi connectivity index (χ2n) is 3.04. The number of hydrogen-bond acceptors (Lipinski definition) is 2. The van der Waals surface area contributed by atoms with Crippen molar-refractivity contribution >= 4 is 40.1 Å². The van der Waals surface area contributed by atoms with Crippen LogP contribution in [-0.4, -0.2) is 19.0 Å². The Balaban J connectivity index is 2.65. The van der Waals surface area contributed by atoms with Crippen LogP contribution in [-0.2, 0) is 0 Å². The highest BCUT2D eigenvalue weighted by Crippen LogP contribution is 2.17. The highest BCUT2D eigenvalue weighted by Gasteiger charge is 2.08. The van der Waals surface area contributed by atoms with Gasteiger partial charge in [0.2, 0.25) is 0 Å². The first-order chi connectivity index (χ1) is 7.65. The standard InChI is InChI=1S/C11H12ClIN2O/c12-8-3-4-10(13)9(7-8)11(16)15-6-2-1-5-14/h1-4,7H,5-6,14H2,(H,15,16)/b2-1+. The van der Waals surface area contributed by atoms with Gasteiger partial charge in [-0.2, -0.15) is 0 Å². The van der Waals surface area contributed by atoms with Gasteiger partial charge in [0.15, 0.2) is 0 Å². The van der Waals surface area contributed by atoms with Gasteiger partial charge < -0.3 is 11.1 Å². The number of nitrogens with two attached hydrogens (primary N) is 1. The van der Waals surface area contributed by atoms with Crippen molar-refractivity contribution in [1.82, 2.24) is 5.32 Å². The maximum atomic E-state index is 11.7. The molecule has 0 bridgehead atoms. The lowest BCUT2D eigenvalue weighted by Gasteiger charge is -2.05. The van der Waals surface area contributed by atoms with Crippen molar-refractivity contribution in [3.05, 3.63) is 44.5 Å². The van der Waals surface area contributed by atoms with Crippen molar-refractivity contribution < 1.29 is 4.79 Å². The van der Waals surface area contributed by atoms with Gasteiger partial charge in [0.1, 0.15) is 0 Å². The minimum absolute atomic E-state index is 0.131. The van der Waals surface area contributed by atoms with Crippen LogP contribution < -0.4 is 11.1 Å². The van der Waals surface area contributed by atoms with Gasteiger partial charge >= 0.3 is 0 Å². The van der Waals surface area contributed by atoms with Gasteiger partial charge in [0.25, 0.3) is 5.91 Å². The summed E-state index contributed by atoms with van der Waals surface area (Å²) in [6.07, 6.45) is 3.61. The first-order valence-electron chi connectivity index (χ1n) is 4.73. The molecule has 1 amide bonds. The average molecular weight is 351 g/mol. The van der Waals surface area contributed by atoms with E-state index in [-0.39, 0.29) is 5.91 Å². The highest BCUT2D eigenvalue weighted by molar-refractivity contribution is 14.1. The van der Waals surface area contributed by atoms with Crippen molar-refractivity contribution in [2.24, 2.45) is 5.73 Å². The van der Waals surface area contributed by atoms with E-state index in [4.69, 9.17) is 17.3 Å². The number of carbonyl (C=O) groups is 1. The first kappa shape index (κ1) is 13.5. The third-order valence-corrected chi connectivity index (χ3v) is 3.03. The van der Waals surface area contributed by atoms with E-state index in [0.29, 0.717) is 23.7 Å². The Hall–Kier alpha value is -0.590. The monoisotopic (exact) mass is 350 g/mol. The van der Waals surface area contributed by atoms with Crippen LogP contribution in [0.25, 0.3) is 0 Å². The molecular weight excluding hydrogens is 338 g/mol. The number of benzene rings is 1. The summed E-state index contributed by atoms with van der Waals surface area (Å²) in [5, 5.41) is 3.32. The molecule has 1 aromatic rings. The molecule has 0 unspecified atom stereocenters. The normalized spacial score (nSPS) is 10.7. The fourth-order valence-electron chi connectivity index (χ4n) is 1.10. The molecule has 16 heavy (non-hydrogen) atoms. The van der Waals surface area contributed by atoms with E-state index in [1.165, 1.54) is 0 Å². The summed E-state index contributed by atoms with van der Waals surface area (Å²) < 4.78 is 0.877. The van der Waals surface area contributed by atoms with Gasteiger partial charge in [-0.3, -0.25) is 4.79 Å². The number of amides is 1. The molecule has 0 spiro atoms. The summed E-state index contributed by atoms with van der Waals surface area (Å²) in [4.78, 5) is 11.7. The molecule has 5 heteroatoms. The minimum atomic E-state index is -0.131. The maximum absolute atomic E-state index is 11.7. The average Bonchev–Trinajstić information content (AvgIpc) is 2.27. The molecule has 0 saturated carbocycles. The molecule has 0 aliphatic rings. The van der Waals surface area contributed by atoms with Gasteiger partial charge in [-0.15, -0.1) is 0 Å². The van der Waals surface area contributed by atoms with E-state index in [1.54, 1.807) is 18.2 Å². The van der Waals surface area contributed by atoms with E-state index in [2.05, 4.69) is 27.9 Å². The molecule has 0 radical (unpaired) electrons. The van der Waals surface area contributed by atoms with Crippen LogP contribution in [0.1, 0.15) is 10.4 Å². The molecule has 86 valence electrons. The lowest BCUT2D eigenvalue weighted by atomic mass is 10.2. The smallest absolute Gasteiger partial charge is 0.252 e. The van der Waals surface area contributed by atoms with Crippen LogP contribution in [0, 0.1) is 3.57 Å². The number of hydrogen-bond donors (Lipinski definition) is 2. The van der Waals surface area contributed by atoms with Gasteiger partial charge in [-0.05, 0) is 40.8 Å². The van der Waals surface area contributed by atoms with Gasteiger partial charge in [0, 0.05) is 21.7 Å². The third-order valence-electron chi connectivity index (χ3n) is 1.86. The van der Waals surface area contributed by atoms with Gasteiger partial charge in [-0.1, -0.05) is 23.8 Å². The summed E-state index contributed by atoms with van der Waals surface area (Å²) in [6, 6.07) is 5.23. The van der Waals surface area contributed by atoms with E-state index in [0.717, 1.165) is 3.57 Å². The van der Waals surface area contributed by atoms with Crippen LogP contribution >= 0.6 is 34.2 Å². The highest BCUT2D eigenvalue weighted by atomic mass is 127. The zero-order valence-electron chi connectivity index (χ0n) is 8.54. The van der Waals surface area contributed by atoms with E-state index in [9.17, 15) is 4.79 Å². The molecular formula is C11H12ClIN2O. The Kier molecular flexibility index (Phi) is 5.79. The van der Waals surface area contributed by atoms with Crippen molar-refractivity contribution in [2.45, 2.75) is 0 Å². The molecule has 0 atom stereocenters. The zero-order valence-corrected chi connectivity index (χ0v) is 11.5. The molecule has 0 aliphatic carbocycles. The van der Waals surface area contributed by atoms with Crippen LogP contribution in [0.15, 0.2) is 30.4 Å². The molecule has 0 heterocycles. The van der Waals surface area contributed by atoms with Crippen molar-refractivity contribution in [2.75, 3.05) is 13.1 Å². The summed E-state index contributed by atoms with van der Waals surface area (Å²) in [6.45, 7) is 0.948. The molecule has 3 nitrogen and oxygen atoms in total. The van der Waals surface area contributed by atoms with E-state index in [1.807, 2.05) is 12.1 Å².